The predicted molar refractivity (Wildman–Crippen MR) is 63.3 cm³/mol. The van der Waals surface area contributed by atoms with Gasteiger partial charge in [0.1, 0.15) is 5.02 Å². The molecule has 0 spiro atoms. The third kappa shape index (κ3) is 3.31. The fraction of sp³-hybridized carbons (Fsp3) is 0.300. The van der Waals surface area contributed by atoms with Crippen molar-refractivity contribution in [2.45, 2.75) is 12.3 Å². The Bertz CT molecular complexity index is 450. The summed E-state index contributed by atoms with van der Waals surface area (Å²) in [5.41, 5.74) is 0.129. The molecule has 0 saturated carbocycles. The fourth-order valence-electron chi connectivity index (χ4n) is 1.18. The second-order valence-electron chi connectivity index (χ2n) is 3.08. The van der Waals surface area contributed by atoms with E-state index in [0.717, 1.165) is 0 Å². The van der Waals surface area contributed by atoms with Crippen LogP contribution in [0.25, 0.3) is 0 Å². The van der Waals surface area contributed by atoms with Crippen LogP contribution in [0.5, 0.6) is 0 Å². The number of nitro groups is 1. The van der Waals surface area contributed by atoms with E-state index in [1.165, 1.54) is 18.2 Å². The van der Waals surface area contributed by atoms with Gasteiger partial charge in [-0.2, -0.15) is 0 Å². The molecular formula is C10H9Cl2NO4. The van der Waals surface area contributed by atoms with Gasteiger partial charge in [-0.3, -0.25) is 14.9 Å². The third-order valence-corrected chi connectivity index (χ3v) is 2.69. The van der Waals surface area contributed by atoms with Crippen molar-refractivity contribution in [2.24, 2.45) is 0 Å². The minimum absolute atomic E-state index is 0.0672. The Morgan fingerprint density at radius 1 is 1.59 bits per heavy atom. The predicted octanol–water partition coefficient (Wildman–Crippen LogP) is 3.09. The Balaban J connectivity index is 2.97. The molecular weight excluding hydrogens is 269 g/mol. The number of nitro benzene ring substituents is 1. The van der Waals surface area contributed by atoms with Crippen molar-refractivity contribution in [1.29, 1.82) is 0 Å². The molecule has 0 aromatic heterocycles. The van der Waals surface area contributed by atoms with Crippen LogP contribution in [0.3, 0.4) is 0 Å². The van der Waals surface area contributed by atoms with E-state index in [2.05, 4.69) is 0 Å². The van der Waals surface area contributed by atoms with Gasteiger partial charge in [-0.15, -0.1) is 11.6 Å². The van der Waals surface area contributed by atoms with Gasteiger partial charge in [-0.25, -0.2) is 0 Å². The normalized spacial score (nSPS) is 11.9. The minimum atomic E-state index is -1.02. The van der Waals surface area contributed by atoms with Gasteiger partial charge < -0.3 is 4.74 Å². The quantitative estimate of drug-likeness (QED) is 0.367. The van der Waals surface area contributed by atoms with E-state index in [-0.39, 0.29) is 17.3 Å². The Morgan fingerprint density at radius 2 is 2.24 bits per heavy atom. The second-order valence-corrected chi connectivity index (χ2v) is 3.93. The summed E-state index contributed by atoms with van der Waals surface area (Å²) in [7, 11) is 0. The molecule has 0 bridgehead atoms. The fourth-order valence-corrected chi connectivity index (χ4v) is 1.64. The van der Waals surface area contributed by atoms with Crippen LogP contribution in [0.15, 0.2) is 18.2 Å². The molecule has 0 N–H and O–H groups in total. The maximum Gasteiger partial charge on any atom is 0.328 e. The lowest BCUT2D eigenvalue weighted by atomic mass is 10.1. The lowest BCUT2D eigenvalue weighted by Gasteiger charge is -2.09. The monoisotopic (exact) mass is 277 g/mol. The van der Waals surface area contributed by atoms with E-state index in [4.69, 9.17) is 27.9 Å². The highest BCUT2D eigenvalue weighted by atomic mass is 35.5. The second kappa shape index (κ2) is 5.84. The van der Waals surface area contributed by atoms with Gasteiger partial charge in [-0.1, -0.05) is 17.7 Å². The van der Waals surface area contributed by atoms with Crippen LogP contribution in [0.4, 0.5) is 5.69 Å². The van der Waals surface area contributed by atoms with Crippen molar-refractivity contribution in [2.75, 3.05) is 6.61 Å². The molecule has 0 amide bonds. The van der Waals surface area contributed by atoms with Crippen molar-refractivity contribution in [3.63, 3.8) is 0 Å². The summed E-state index contributed by atoms with van der Waals surface area (Å²) in [5.74, 6) is -0.612. The molecule has 1 atom stereocenters. The van der Waals surface area contributed by atoms with Crippen molar-refractivity contribution in [1.82, 2.24) is 0 Å². The van der Waals surface area contributed by atoms with Gasteiger partial charge in [0.05, 0.1) is 11.5 Å². The summed E-state index contributed by atoms with van der Waals surface area (Å²) >= 11 is 11.5. The van der Waals surface area contributed by atoms with E-state index < -0.39 is 16.3 Å². The zero-order chi connectivity index (χ0) is 13.0. The number of hydrogen-bond acceptors (Lipinski definition) is 4. The van der Waals surface area contributed by atoms with Crippen molar-refractivity contribution < 1.29 is 14.5 Å². The summed E-state index contributed by atoms with van der Waals surface area (Å²) in [6.07, 6.45) is 0. The SMILES string of the molecule is CCOC(=O)C(Cl)c1ccc([N+](=O)[O-])c(Cl)c1. The molecule has 0 aliphatic heterocycles. The number of hydrogen-bond donors (Lipinski definition) is 0. The average Bonchev–Trinajstić information content (AvgIpc) is 2.27. The molecule has 0 fully saturated rings. The first-order valence-corrected chi connectivity index (χ1v) is 5.53. The molecule has 1 rings (SSSR count). The molecule has 0 radical (unpaired) electrons. The van der Waals surface area contributed by atoms with Crippen LogP contribution in [0, 0.1) is 10.1 Å². The lowest BCUT2D eigenvalue weighted by Crippen LogP contribution is -2.11. The van der Waals surface area contributed by atoms with Gasteiger partial charge in [0.15, 0.2) is 5.38 Å². The van der Waals surface area contributed by atoms with Crippen LogP contribution in [-0.2, 0) is 9.53 Å². The number of ether oxygens (including phenoxy) is 1. The maximum absolute atomic E-state index is 11.3. The molecule has 0 heterocycles. The molecule has 1 aromatic carbocycles. The zero-order valence-electron chi connectivity index (χ0n) is 8.85. The van der Waals surface area contributed by atoms with Gasteiger partial charge in [0, 0.05) is 6.07 Å². The molecule has 7 heteroatoms. The highest BCUT2D eigenvalue weighted by molar-refractivity contribution is 6.33. The van der Waals surface area contributed by atoms with Crippen LogP contribution in [0.1, 0.15) is 17.9 Å². The van der Waals surface area contributed by atoms with E-state index in [0.29, 0.717) is 5.56 Å². The van der Waals surface area contributed by atoms with Gasteiger partial charge in [0.2, 0.25) is 0 Å². The number of nitrogens with zero attached hydrogens (tertiary/aromatic N) is 1. The average molecular weight is 278 g/mol. The van der Waals surface area contributed by atoms with E-state index >= 15 is 0 Å². The molecule has 0 aliphatic carbocycles. The third-order valence-electron chi connectivity index (χ3n) is 1.95. The summed E-state index contributed by atoms with van der Waals surface area (Å²) in [6.45, 7) is 1.87. The number of esters is 1. The van der Waals surface area contributed by atoms with Crippen LogP contribution >= 0.6 is 23.2 Å². The van der Waals surface area contributed by atoms with Crippen LogP contribution in [-0.4, -0.2) is 17.5 Å². The number of carbonyl (C=O) groups is 1. The lowest BCUT2D eigenvalue weighted by molar-refractivity contribution is -0.384. The first-order chi connectivity index (χ1) is 7.97. The Hall–Kier alpha value is -1.33. The van der Waals surface area contributed by atoms with E-state index in [1.807, 2.05) is 0 Å². The van der Waals surface area contributed by atoms with Gasteiger partial charge in [0.25, 0.3) is 5.69 Å². The Labute approximate surface area is 107 Å². The highest BCUT2D eigenvalue weighted by Crippen LogP contribution is 2.30. The highest BCUT2D eigenvalue weighted by Gasteiger charge is 2.21. The molecule has 0 saturated heterocycles. The standard InChI is InChI=1S/C10H9Cl2NO4/c1-2-17-10(14)9(12)6-3-4-8(13(15)16)7(11)5-6/h3-5,9H,2H2,1H3. The smallest absolute Gasteiger partial charge is 0.328 e. The van der Waals surface area contributed by atoms with Crippen molar-refractivity contribution in [3.8, 4) is 0 Å². The van der Waals surface area contributed by atoms with Crippen molar-refractivity contribution in [3.05, 3.63) is 38.9 Å². The van der Waals surface area contributed by atoms with Crippen molar-refractivity contribution >= 4 is 34.9 Å². The molecule has 0 aliphatic rings. The maximum atomic E-state index is 11.3. The largest absolute Gasteiger partial charge is 0.465 e. The van der Waals surface area contributed by atoms with Crippen LogP contribution in [0.2, 0.25) is 5.02 Å². The number of carbonyl (C=O) groups excluding carboxylic acids is 1. The summed E-state index contributed by atoms with van der Waals surface area (Å²) in [4.78, 5) is 21.3. The summed E-state index contributed by atoms with van der Waals surface area (Å²) in [5, 5.41) is 9.45. The first-order valence-electron chi connectivity index (χ1n) is 4.72. The molecule has 17 heavy (non-hydrogen) atoms. The summed E-state index contributed by atoms with van der Waals surface area (Å²) < 4.78 is 4.73. The Kier molecular flexibility index (Phi) is 4.72. The van der Waals surface area contributed by atoms with Gasteiger partial charge in [-0.05, 0) is 18.6 Å². The first kappa shape index (κ1) is 13.7. The van der Waals surface area contributed by atoms with E-state index in [9.17, 15) is 14.9 Å². The molecule has 1 unspecified atom stereocenters. The number of rotatable bonds is 4. The molecule has 92 valence electrons. The number of halogens is 2. The Morgan fingerprint density at radius 3 is 2.71 bits per heavy atom. The number of benzene rings is 1. The van der Waals surface area contributed by atoms with E-state index in [1.54, 1.807) is 6.92 Å². The molecule has 1 aromatic rings. The zero-order valence-corrected chi connectivity index (χ0v) is 10.4. The summed E-state index contributed by atoms with van der Waals surface area (Å²) in [6, 6.07) is 3.86. The number of alkyl halides is 1. The molecule has 5 nitrogen and oxygen atoms in total. The topological polar surface area (TPSA) is 69.4 Å². The van der Waals surface area contributed by atoms with Crippen LogP contribution < -0.4 is 0 Å². The van der Waals surface area contributed by atoms with Gasteiger partial charge >= 0.3 is 5.97 Å². The minimum Gasteiger partial charge on any atom is -0.465 e.